The SMILES string of the molecule is CN=C(NCc1ccc(N2CCN(C)CC2)nc1)NCC(C)c1ccc(C)cc1.I. The van der Waals surface area contributed by atoms with Crippen LogP contribution < -0.4 is 15.5 Å². The van der Waals surface area contributed by atoms with Crippen LogP contribution in [-0.2, 0) is 6.54 Å². The standard InChI is InChI=1S/C23H34N6.HI/c1-18-5-8-21(9-6-18)19(2)15-26-23(24-3)27-17-20-7-10-22(25-16-20)29-13-11-28(4)12-14-29;/h5-10,16,19H,11-15,17H2,1-4H3,(H2,24,26,27);1H. The second kappa shape index (κ2) is 12.1. The van der Waals surface area contributed by atoms with Gasteiger partial charge in [0.15, 0.2) is 5.96 Å². The van der Waals surface area contributed by atoms with Crippen LogP contribution in [0.1, 0.15) is 29.5 Å². The number of pyridine rings is 1. The van der Waals surface area contributed by atoms with E-state index in [1.807, 2.05) is 6.20 Å². The molecular formula is C23H35IN6. The molecule has 6 nitrogen and oxygen atoms in total. The lowest BCUT2D eigenvalue weighted by Gasteiger charge is -2.33. The number of anilines is 1. The van der Waals surface area contributed by atoms with E-state index < -0.39 is 0 Å². The van der Waals surface area contributed by atoms with Gasteiger partial charge in [-0.1, -0.05) is 42.8 Å². The van der Waals surface area contributed by atoms with Crippen LogP contribution in [0, 0.1) is 6.92 Å². The average Bonchev–Trinajstić information content (AvgIpc) is 2.75. The summed E-state index contributed by atoms with van der Waals surface area (Å²) in [6.45, 7) is 10.1. The molecule has 1 aromatic heterocycles. The molecule has 0 bridgehead atoms. The number of hydrogen-bond donors (Lipinski definition) is 2. The minimum absolute atomic E-state index is 0. The second-order valence-electron chi connectivity index (χ2n) is 7.93. The van der Waals surface area contributed by atoms with Gasteiger partial charge in [0.25, 0.3) is 0 Å². The van der Waals surface area contributed by atoms with Gasteiger partial charge in [-0.3, -0.25) is 4.99 Å². The molecule has 1 saturated heterocycles. The van der Waals surface area contributed by atoms with Gasteiger partial charge in [0.1, 0.15) is 5.82 Å². The maximum absolute atomic E-state index is 4.66. The summed E-state index contributed by atoms with van der Waals surface area (Å²) in [6.07, 6.45) is 1.96. The zero-order valence-electron chi connectivity index (χ0n) is 18.6. The quantitative estimate of drug-likeness (QED) is 0.347. The molecule has 1 aromatic carbocycles. The predicted octanol–water partition coefficient (Wildman–Crippen LogP) is 3.23. The Labute approximate surface area is 198 Å². The predicted molar refractivity (Wildman–Crippen MR) is 137 cm³/mol. The summed E-state index contributed by atoms with van der Waals surface area (Å²) in [5.41, 5.74) is 3.78. The van der Waals surface area contributed by atoms with Crippen LogP contribution in [0.15, 0.2) is 47.6 Å². The van der Waals surface area contributed by atoms with E-state index in [1.165, 1.54) is 11.1 Å². The van der Waals surface area contributed by atoms with Crippen molar-refractivity contribution in [2.45, 2.75) is 26.3 Å². The Kier molecular flexibility index (Phi) is 9.84. The van der Waals surface area contributed by atoms with Crippen molar-refractivity contribution in [1.29, 1.82) is 0 Å². The molecule has 0 amide bonds. The Morgan fingerprint density at radius 2 is 1.77 bits per heavy atom. The van der Waals surface area contributed by atoms with Gasteiger partial charge >= 0.3 is 0 Å². The van der Waals surface area contributed by atoms with Gasteiger partial charge in [-0.25, -0.2) is 4.98 Å². The van der Waals surface area contributed by atoms with Crippen molar-refractivity contribution in [3.8, 4) is 0 Å². The minimum Gasteiger partial charge on any atom is -0.356 e. The number of benzene rings is 1. The summed E-state index contributed by atoms with van der Waals surface area (Å²) < 4.78 is 0. The van der Waals surface area contributed by atoms with Gasteiger partial charge in [0, 0.05) is 52.5 Å². The van der Waals surface area contributed by atoms with Gasteiger partial charge in [-0.15, -0.1) is 24.0 Å². The Morgan fingerprint density at radius 1 is 1.07 bits per heavy atom. The highest BCUT2D eigenvalue weighted by Gasteiger charge is 2.15. The number of halogens is 1. The van der Waals surface area contributed by atoms with E-state index in [9.17, 15) is 0 Å². The lowest BCUT2D eigenvalue weighted by atomic mass is 10.0. The molecule has 2 aromatic rings. The summed E-state index contributed by atoms with van der Waals surface area (Å²) >= 11 is 0. The van der Waals surface area contributed by atoms with Gasteiger partial charge in [0.2, 0.25) is 0 Å². The van der Waals surface area contributed by atoms with Crippen molar-refractivity contribution in [1.82, 2.24) is 20.5 Å². The molecule has 2 heterocycles. The number of likely N-dealkylation sites (N-methyl/N-ethyl adjacent to an activating group) is 1. The Bertz CT molecular complexity index is 782. The fourth-order valence-corrected chi connectivity index (χ4v) is 3.41. The number of rotatable bonds is 6. The van der Waals surface area contributed by atoms with Crippen LogP contribution >= 0.6 is 24.0 Å². The number of nitrogens with zero attached hydrogens (tertiary/aromatic N) is 4. The van der Waals surface area contributed by atoms with E-state index in [-0.39, 0.29) is 24.0 Å². The molecule has 164 valence electrons. The molecule has 1 fully saturated rings. The van der Waals surface area contributed by atoms with Crippen LogP contribution in [0.3, 0.4) is 0 Å². The molecule has 3 rings (SSSR count). The van der Waals surface area contributed by atoms with Crippen LogP contribution in [-0.4, -0.2) is 62.7 Å². The Morgan fingerprint density at radius 3 is 2.37 bits per heavy atom. The van der Waals surface area contributed by atoms with Crippen molar-refractivity contribution >= 4 is 35.8 Å². The van der Waals surface area contributed by atoms with Crippen molar-refractivity contribution in [2.75, 3.05) is 51.7 Å². The highest BCUT2D eigenvalue weighted by molar-refractivity contribution is 14.0. The summed E-state index contributed by atoms with van der Waals surface area (Å²) in [4.78, 5) is 13.7. The van der Waals surface area contributed by atoms with Crippen LogP contribution in [0.2, 0.25) is 0 Å². The lowest BCUT2D eigenvalue weighted by Crippen LogP contribution is -2.44. The maximum atomic E-state index is 4.66. The van der Waals surface area contributed by atoms with Crippen molar-refractivity contribution in [3.63, 3.8) is 0 Å². The van der Waals surface area contributed by atoms with E-state index in [0.717, 1.165) is 50.1 Å². The van der Waals surface area contributed by atoms with Crippen molar-refractivity contribution in [2.24, 2.45) is 4.99 Å². The number of nitrogens with one attached hydrogen (secondary N) is 2. The number of aliphatic imine (C=N–C) groups is 1. The first-order valence-electron chi connectivity index (χ1n) is 10.4. The highest BCUT2D eigenvalue weighted by atomic mass is 127. The maximum Gasteiger partial charge on any atom is 0.191 e. The molecule has 7 heteroatoms. The molecule has 0 saturated carbocycles. The van der Waals surface area contributed by atoms with Crippen molar-refractivity contribution < 1.29 is 0 Å². The summed E-state index contributed by atoms with van der Waals surface area (Å²) in [7, 11) is 3.97. The van der Waals surface area contributed by atoms with Gasteiger partial charge in [-0.2, -0.15) is 0 Å². The van der Waals surface area contributed by atoms with E-state index in [2.05, 4.69) is 87.7 Å². The van der Waals surface area contributed by atoms with E-state index in [1.54, 1.807) is 7.05 Å². The lowest BCUT2D eigenvalue weighted by molar-refractivity contribution is 0.312. The van der Waals surface area contributed by atoms with Crippen LogP contribution in [0.4, 0.5) is 5.82 Å². The van der Waals surface area contributed by atoms with E-state index in [4.69, 9.17) is 0 Å². The molecule has 30 heavy (non-hydrogen) atoms. The fourth-order valence-electron chi connectivity index (χ4n) is 3.41. The van der Waals surface area contributed by atoms with Gasteiger partial charge < -0.3 is 20.4 Å². The number of guanidine groups is 1. The average molecular weight is 522 g/mol. The Hall–Kier alpha value is -1.87. The topological polar surface area (TPSA) is 55.8 Å². The first-order valence-corrected chi connectivity index (χ1v) is 10.4. The molecule has 0 spiro atoms. The summed E-state index contributed by atoms with van der Waals surface area (Å²) in [6, 6.07) is 13.0. The fraction of sp³-hybridized carbons (Fsp3) is 0.478. The minimum atomic E-state index is 0. The normalized spacial score (nSPS) is 16.0. The first kappa shape index (κ1) is 24.4. The molecule has 1 unspecified atom stereocenters. The summed E-state index contributed by atoms with van der Waals surface area (Å²) in [5.74, 6) is 2.29. The zero-order chi connectivity index (χ0) is 20.6. The van der Waals surface area contributed by atoms with E-state index >= 15 is 0 Å². The number of aryl methyl sites for hydroxylation is 1. The molecule has 0 radical (unpaired) electrons. The first-order chi connectivity index (χ1) is 14.0. The van der Waals surface area contributed by atoms with Crippen LogP contribution in [0.25, 0.3) is 0 Å². The van der Waals surface area contributed by atoms with E-state index in [0.29, 0.717) is 12.5 Å². The second-order valence-corrected chi connectivity index (χ2v) is 7.93. The Balaban J connectivity index is 0.00000320. The molecule has 1 aliphatic heterocycles. The van der Waals surface area contributed by atoms with Crippen LogP contribution in [0.5, 0.6) is 0 Å². The number of piperazine rings is 1. The number of aromatic nitrogens is 1. The molecule has 0 aliphatic carbocycles. The largest absolute Gasteiger partial charge is 0.356 e. The molecule has 1 aliphatic rings. The smallest absolute Gasteiger partial charge is 0.191 e. The monoisotopic (exact) mass is 522 g/mol. The highest BCUT2D eigenvalue weighted by Crippen LogP contribution is 2.15. The van der Waals surface area contributed by atoms with Gasteiger partial charge in [0.05, 0.1) is 0 Å². The van der Waals surface area contributed by atoms with Crippen molar-refractivity contribution in [3.05, 3.63) is 59.3 Å². The molecule has 1 atom stereocenters. The summed E-state index contributed by atoms with van der Waals surface area (Å²) in [5, 5.41) is 6.81. The molecular weight excluding hydrogens is 487 g/mol. The van der Waals surface area contributed by atoms with Gasteiger partial charge in [-0.05, 0) is 37.1 Å². The zero-order valence-corrected chi connectivity index (χ0v) is 20.9. The third kappa shape index (κ3) is 7.12. The third-order valence-corrected chi connectivity index (χ3v) is 5.54. The number of hydrogen-bond acceptors (Lipinski definition) is 4. The third-order valence-electron chi connectivity index (χ3n) is 5.54. The molecule has 2 N–H and O–H groups in total.